The molecule has 0 aliphatic carbocycles. The molecule has 0 aliphatic rings. The Morgan fingerprint density at radius 3 is 1.70 bits per heavy atom. The zero-order valence-corrected chi connectivity index (χ0v) is 22.4. The molecular weight excluding hydrogens is 532 g/mol. The minimum Gasteiger partial charge on any atom is -0.480 e. The number of carboxylic acids is 1. The zero-order valence-electron chi connectivity index (χ0n) is 20.6. The third kappa shape index (κ3) is 12.0. The van der Waals surface area contributed by atoms with Gasteiger partial charge in [0.05, 0.1) is 18.8 Å². The van der Waals surface area contributed by atoms with Gasteiger partial charge in [0.1, 0.15) is 30.7 Å². The van der Waals surface area contributed by atoms with Gasteiger partial charge in [0, 0.05) is 11.5 Å². The monoisotopic (exact) mass is 568 g/mol. The van der Waals surface area contributed by atoms with E-state index < -0.39 is 90.9 Å². The topological polar surface area (TPSA) is 249 Å². The van der Waals surface area contributed by atoms with Crippen molar-refractivity contribution in [3.05, 3.63) is 0 Å². The highest BCUT2D eigenvalue weighted by molar-refractivity contribution is 7.80. The predicted molar refractivity (Wildman–Crippen MR) is 138 cm³/mol. The minimum atomic E-state index is -1.57. The lowest BCUT2D eigenvalue weighted by molar-refractivity contribution is -0.139. The molecule has 0 rings (SSSR count). The molecule has 6 unspecified atom stereocenters. The third-order valence-corrected chi connectivity index (χ3v) is 5.65. The fourth-order valence-corrected chi connectivity index (χ4v) is 3.16. The van der Waals surface area contributed by atoms with Crippen LogP contribution in [-0.4, -0.2) is 112 Å². The van der Waals surface area contributed by atoms with Gasteiger partial charge in [-0.25, -0.2) is 0 Å². The Bertz CT molecular complexity index is 830. The number of aliphatic hydroxyl groups excluding tert-OH is 2. The molecule has 15 nitrogen and oxygen atoms in total. The van der Waals surface area contributed by atoms with Gasteiger partial charge in [-0.3, -0.25) is 28.8 Å². The molecule has 0 aromatic heterocycles. The maximum atomic E-state index is 12.9. The molecule has 0 bridgehead atoms. The Morgan fingerprint density at radius 1 is 0.757 bits per heavy atom. The lowest BCUT2D eigenvalue weighted by atomic mass is 10.0. The Kier molecular flexibility index (Phi) is 15.8. The highest BCUT2D eigenvalue weighted by atomic mass is 32.1. The van der Waals surface area contributed by atoms with E-state index in [0.29, 0.717) is 0 Å². The number of rotatable bonds is 16. The van der Waals surface area contributed by atoms with Gasteiger partial charge in [0.2, 0.25) is 29.5 Å². The average molecular weight is 569 g/mol. The molecule has 17 heteroatoms. The van der Waals surface area contributed by atoms with Crippen molar-refractivity contribution in [2.45, 2.75) is 57.1 Å². The second kappa shape index (κ2) is 17.0. The van der Waals surface area contributed by atoms with E-state index in [1.54, 1.807) is 13.8 Å². The first-order valence-corrected chi connectivity index (χ1v) is 12.4. The van der Waals surface area contributed by atoms with Crippen molar-refractivity contribution in [2.75, 3.05) is 24.7 Å². The molecule has 0 saturated heterocycles. The van der Waals surface area contributed by atoms with Crippen LogP contribution in [0.3, 0.4) is 0 Å². The van der Waals surface area contributed by atoms with Gasteiger partial charge in [0.25, 0.3) is 0 Å². The highest BCUT2D eigenvalue weighted by Gasteiger charge is 2.34. The number of nitrogens with two attached hydrogens (primary N) is 1. The molecule has 0 radical (unpaired) electrons. The minimum absolute atomic E-state index is 0.0132. The maximum absolute atomic E-state index is 12.9. The average Bonchev–Trinajstić information content (AvgIpc) is 2.84. The van der Waals surface area contributed by atoms with Gasteiger partial charge in [0.15, 0.2) is 0 Å². The number of carbonyl (C=O) groups is 6. The summed E-state index contributed by atoms with van der Waals surface area (Å²) < 4.78 is 0. The lowest BCUT2D eigenvalue weighted by Gasteiger charge is -2.28. The molecule has 212 valence electrons. The van der Waals surface area contributed by atoms with Crippen molar-refractivity contribution in [2.24, 2.45) is 11.7 Å². The number of aliphatic carboxylic acids is 1. The molecule has 0 aliphatic heterocycles. The summed E-state index contributed by atoms with van der Waals surface area (Å²) in [6, 6.07) is -6.56. The predicted octanol–water partition coefficient (Wildman–Crippen LogP) is -4.66. The van der Waals surface area contributed by atoms with Crippen LogP contribution in [0.2, 0.25) is 0 Å². The molecule has 0 fully saturated rings. The number of hydrogen-bond acceptors (Lipinski definition) is 11. The summed E-state index contributed by atoms with van der Waals surface area (Å²) in [7, 11) is 0. The largest absolute Gasteiger partial charge is 0.480 e. The number of thiol groups is 2. The van der Waals surface area contributed by atoms with E-state index in [4.69, 9.17) is 10.8 Å². The lowest BCUT2D eigenvalue weighted by Crippen LogP contribution is -2.62. The van der Waals surface area contributed by atoms with Gasteiger partial charge in [-0.05, 0) is 12.8 Å². The maximum Gasteiger partial charge on any atom is 0.322 e. The second-order valence-electron chi connectivity index (χ2n) is 8.35. The zero-order chi connectivity index (χ0) is 28.9. The number of aliphatic hydroxyl groups is 2. The first-order chi connectivity index (χ1) is 17.2. The van der Waals surface area contributed by atoms with Crippen molar-refractivity contribution >= 4 is 60.8 Å². The summed E-state index contributed by atoms with van der Waals surface area (Å²) in [5.41, 5.74) is 5.54. The summed E-state index contributed by atoms with van der Waals surface area (Å²) in [5, 5.41) is 39.5. The van der Waals surface area contributed by atoms with Crippen LogP contribution in [0.15, 0.2) is 0 Å². The van der Waals surface area contributed by atoms with Crippen LogP contribution in [0, 0.1) is 5.92 Å². The van der Waals surface area contributed by atoms with E-state index in [9.17, 15) is 39.0 Å². The SMILES string of the molecule is CC(C)C(NC(=O)C(CO)NC(=O)C(N)CS)C(=O)NC(C(=O)NC(CS)C(=O)NCC(=O)O)C(C)O. The number of carbonyl (C=O) groups excluding carboxylic acids is 5. The van der Waals surface area contributed by atoms with E-state index in [2.05, 4.69) is 51.8 Å². The Morgan fingerprint density at radius 2 is 1.27 bits per heavy atom. The quantitative estimate of drug-likeness (QED) is 0.0794. The number of amides is 5. The van der Waals surface area contributed by atoms with Crippen LogP contribution in [-0.2, 0) is 28.8 Å². The number of carboxylic acid groups (broad SMARTS) is 1. The van der Waals surface area contributed by atoms with Crippen LogP contribution in [0.1, 0.15) is 20.8 Å². The van der Waals surface area contributed by atoms with Crippen LogP contribution >= 0.6 is 25.3 Å². The third-order valence-electron chi connectivity index (χ3n) is 4.89. The smallest absolute Gasteiger partial charge is 0.322 e. The molecular formula is C20H36N6O9S2. The number of nitrogens with one attached hydrogen (secondary N) is 5. The van der Waals surface area contributed by atoms with Crippen LogP contribution in [0.5, 0.6) is 0 Å². The molecule has 5 amide bonds. The van der Waals surface area contributed by atoms with Gasteiger partial charge in [-0.2, -0.15) is 25.3 Å². The van der Waals surface area contributed by atoms with Crippen LogP contribution in [0.4, 0.5) is 0 Å². The summed E-state index contributed by atoms with van der Waals surface area (Å²) in [6.07, 6.45) is -1.44. The molecule has 37 heavy (non-hydrogen) atoms. The van der Waals surface area contributed by atoms with Crippen molar-refractivity contribution < 1.29 is 44.1 Å². The summed E-state index contributed by atoms with van der Waals surface area (Å²) >= 11 is 7.83. The van der Waals surface area contributed by atoms with Crippen molar-refractivity contribution in [1.29, 1.82) is 0 Å². The van der Waals surface area contributed by atoms with Crippen LogP contribution in [0.25, 0.3) is 0 Å². The second-order valence-corrected chi connectivity index (χ2v) is 9.08. The molecule has 0 heterocycles. The molecule has 10 N–H and O–H groups in total. The van der Waals surface area contributed by atoms with Gasteiger partial charge in [-0.1, -0.05) is 13.8 Å². The molecule has 6 atom stereocenters. The van der Waals surface area contributed by atoms with Gasteiger partial charge < -0.3 is 47.6 Å². The Labute approximate surface area is 224 Å². The Balaban J connectivity index is 5.47. The van der Waals surface area contributed by atoms with Crippen molar-refractivity contribution in [3.63, 3.8) is 0 Å². The normalized spacial score (nSPS) is 15.8. The first-order valence-electron chi connectivity index (χ1n) is 11.2. The fourth-order valence-electron chi connectivity index (χ4n) is 2.73. The molecule has 0 spiro atoms. The highest BCUT2D eigenvalue weighted by Crippen LogP contribution is 2.05. The van der Waals surface area contributed by atoms with E-state index in [0.717, 1.165) is 0 Å². The standard InChI is InChI=1S/C20H36N6O9S2/c1-8(2)14(25-18(33)11(5-27)23-16(31)10(21)6-36)19(34)26-15(9(3)28)20(35)24-12(7-37)17(32)22-4-13(29)30/h8-12,14-15,27-28,36-37H,4-7,21H2,1-3H3,(H,22,32)(H,23,31)(H,24,35)(H,25,33)(H,26,34)(H,29,30). The summed E-state index contributed by atoms with van der Waals surface area (Å²) in [5.74, 6) is -6.41. The molecule has 0 aromatic rings. The summed E-state index contributed by atoms with van der Waals surface area (Å²) in [4.78, 5) is 72.9. The van der Waals surface area contributed by atoms with Crippen LogP contribution < -0.4 is 32.3 Å². The Hall–Kier alpha value is -2.60. The van der Waals surface area contributed by atoms with E-state index in [1.807, 2.05) is 0 Å². The van der Waals surface area contributed by atoms with Crippen molar-refractivity contribution in [1.82, 2.24) is 26.6 Å². The fraction of sp³-hybridized carbons (Fsp3) is 0.700. The van der Waals surface area contributed by atoms with E-state index >= 15 is 0 Å². The van der Waals surface area contributed by atoms with Gasteiger partial charge in [-0.15, -0.1) is 0 Å². The first kappa shape index (κ1) is 34.4. The number of hydrogen-bond donors (Lipinski definition) is 11. The summed E-state index contributed by atoms with van der Waals surface area (Å²) in [6.45, 7) is 2.87. The van der Waals surface area contributed by atoms with E-state index in [1.165, 1.54) is 6.92 Å². The molecule has 0 aromatic carbocycles. The van der Waals surface area contributed by atoms with Gasteiger partial charge >= 0.3 is 5.97 Å². The molecule has 0 saturated carbocycles. The van der Waals surface area contributed by atoms with Crippen molar-refractivity contribution in [3.8, 4) is 0 Å². The van der Waals surface area contributed by atoms with E-state index in [-0.39, 0.29) is 11.5 Å².